The van der Waals surface area contributed by atoms with Crippen molar-refractivity contribution in [3.05, 3.63) is 30.1 Å². The summed E-state index contributed by atoms with van der Waals surface area (Å²) in [5, 5.41) is 0. The van der Waals surface area contributed by atoms with Crippen LogP contribution in [0.4, 0.5) is 0 Å². The number of carbonyl (C=O) groups is 1. The third-order valence-electron chi connectivity index (χ3n) is 1.31. The Kier molecular flexibility index (Phi) is 3.54. The van der Waals surface area contributed by atoms with Crippen LogP contribution in [0.1, 0.15) is 5.56 Å². The van der Waals surface area contributed by atoms with Gasteiger partial charge in [0, 0.05) is 12.4 Å². The molecule has 1 rings (SSSR count). The highest BCUT2D eigenvalue weighted by Crippen LogP contribution is 1.99. The van der Waals surface area contributed by atoms with Crippen LogP contribution in [0.25, 0.3) is 0 Å². The van der Waals surface area contributed by atoms with Crippen molar-refractivity contribution in [3.8, 4) is 0 Å². The average molecular weight is 186 g/mol. The molecule has 0 amide bonds. The average Bonchev–Trinajstić information content (AvgIpc) is 2.06. The molecule has 0 N–H and O–H groups in total. The Morgan fingerprint density at radius 1 is 1.50 bits per heavy atom. The summed E-state index contributed by atoms with van der Waals surface area (Å²) >= 11 is 5.21. The van der Waals surface area contributed by atoms with Crippen LogP contribution in [0.5, 0.6) is 0 Å². The second-order valence-electron chi connectivity index (χ2n) is 2.16. The number of carbonyl (C=O) groups excluding carboxylic acids is 1. The van der Waals surface area contributed by atoms with Crippen LogP contribution in [0.15, 0.2) is 24.5 Å². The molecule has 64 valence electrons. The first kappa shape index (κ1) is 9.00. The minimum atomic E-state index is -0.323. The van der Waals surface area contributed by atoms with Crippen LogP contribution in [0, 0.1) is 0 Å². The van der Waals surface area contributed by atoms with Gasteiger partial charge in [0.15, 0.2) is 6.07 Å². The van der Waals surface area contributed by atoms with E-state index in [1.54, 1.807) is 24.5 Å². The van der Waals surface area contributed by atoms with Crippen LogP contribution in [-0.4, -0.2) is 17.0 Å². The molecule has 1 heterocycles. The normalized spacial score (nSPS) is 9.42. The molecule has 12 heavy (non-hydrogen) atoms. The molecular weight excluding hydrogens is 178 g/mol. The van der Waals surface area contributed by atoms with Crippen molar-refractivity contribution in [2.45, 2.75) is 6.42 Å². The molecule has 3 nitrogen and oxygen atoms in total. The zero-order valence-corrected chi connectivity index (χ0v) is 7.12. The number of nitrogens with zero attached hydrogens (tertiary/aromatic N) is 1. The molecule has 0 aliphatic carbocycles. The fourth-order valence-corrected chi connectivity index (χ4v) is 0.901. The maximum Gasteiger partial charge on any atom is 0.311 e. The summed E-state index contributed by atoms with van der Waals surface area (Å²) in [6.07, 6.45) is 3.50. The summed E-state index contributed by atoms with van der Waals surface area (Å²) in [6.45, 7) is 0. The second kappa shape index (κ2) is 4.72. The Hall–Kier alpha value is -1.09. The van der Waals surface area contributed by atoms with E-state index in [9.17, 15) is 4.79 Å². The third kappa shape index (κ3) is 2.88. The third-order valence-corrected chi connectivity index (χ3v) is 1.42. The fourth-order valence-electron chi connectivity index (χ4n) is 0.779. The van der Waals surface area contributed by atoms with Gasteiger partial charge in [-0.1, -0.05) is 11.6 Å². The molecule has 0 radical (unpaired) electrons. The highest BCUT2D eigenvalue weighted by Gasteiger charge is 2.02. The van der Waals surface area contributed by atoms with E-state index in [1.165, 1.54) is 0 Å². The molecule has 0 saturated carbocycles. The van der Waals surface area contributed by atoms with Gasteiger partial charge in [-0.15, -0.1) is 0 Å². The van der Waals surface area contributed by atoms with Crippen molar-refractivity contribution in [2.75, 3.05) is 6.07 Å². The molecule has 0 aliphatic heterocycles. The number of alkyl halides is 1. The lowest BCUT2D eigenvalue weighted by molar-refractivity contribution is -0.140. The summed E-state index contributed by atoms with van der Waals surface area (Å²) < 4.78 is 4.55. The number of pyridine rings is 1. The standard InChI is InChI=1S/C8H8ClNO2/c9-6-12-8(11)5-7-1-3-10-4-2-7/h1-4H,5-6H2. The second-order valence-corrected chi connectivity index (χ2v) is 2.38. The molecule has 4 heteroatoms. The largest absolute Gasteiger partial charge is 0.449 e. The molecule has 0 aliphatic rings. The Bertz CT molecular complexity index is 250. The van der Waals surface area contributed by atoms with Gasteiger partial charge in [0.2, 0.25) is 0 Å². The van der Waals surface area contributed by atoms with E-state index in [4.69, 9.17) is 11.6 Å². The van der Waals surface area contributed by atoms with E-state index in [-0.39, 0.29) is 18.5 Å². The lowest BCUT2D eigenvalue weighted by Crippen LogP contribution is -2.06. The van der Waals surface area contributed by atoms with Crippen LogP contribution in [-0.2, 0) is 16.0 Å². The topological polar surface area (TPSA) is 39.2 Å². The molecular formula is C8H8ClNO2. The number of hydrogen-bond donors (Lipinski definition) is 0. The van der Waals surface area contributed by atoms with E-state index in [1.807, 2.05) is 0 Å². The molecule has 1 aromatic rings. The minimum absolute atomic E-state index is 0.0933. The van der Waals surface area contributed by atoms with Gasteiger partial charge in [-0.05, 0) is 17.7 Å². The van der Waals surface area contributed by atoms with E-state index in [0.29, 0.717) is 0 Å². The predicted octanol–water partition coefficient (Wildman–Crippen LogP) is 1.36. The summed E-state index contributed by atoms with van der Waals surface area (Å²) in [4.78, 5) is 14.7. The molecule has 0 aromatic carbocycles. The maximum absolute atomic E-state index is 10.9. The van der Waals surface area contributed by atoms with Gasteiger partial charge < -0.3 is 4.74 Å². The molecule has 1 aromatic heterocycles. The molecule has 0 fully saturated rings. The predicted molar refractivity (Wildman–Crippen MR) is 44.8 cm³/mol. The first-order valence-corrected chi connectivity index (χ1v) is 3.97. The molecule has 0 bridgehead atoms. The van der Waals surface area contributed by atoms with Crippen LogP contribution in [0.2, 0.25) is 0 Å². The number of halogens is 1. The van der Waals surface area contributed by atoms with E-state index in [0.717, 1.165) is 5.56 Å². The molecule has 0 unspecified atom stereocenters. The lowest BCUT2D eigenvalue weighted by Gasteiger charge is -1.99. The van der Waals surface area contributed by atoms with Gasteiger partial charge in [0.05, 0.1) is 6.42 Å². The summed E-state index contributed by atoms with van der Waals surface area (Å²) in [6, 6.07) is 3.43. The number of esters is 1. The van der Waals surface area contributed by atoms with Crippen LogP contribution < -0.4 is 0 Å². The summed E-state index contributed by atoms with van der Waals surface area (Å²) in [5.41, 5.74) is 0.875. The number of ether oxygens (including phenoxy) is 1. The highest BCUT2D eigenvalue weighted by molar-refractivity contribution is 6.17. The van der Waals surface area contributed by atoms with Crippen LogP contribution >= 0.6 is 11.6 Å². The number of aromatic nitrogens is 1. The van der Waals surface area contributed by atoms with E-state index in [2.05, 4.69) is 9.72 Å². The smallest absolute Gasteiger partial charge is 0.311 e. The SMILES string of the molecule is O=C(Cc1ccncc1)OCCl. The van der Waals surface area contributed by atoms with Gasteiger partial charge >= 0.3 is 5.97 Å². The Labute approximate surface area is 75.3 Å². The summed E-state index contributed by atoms with van der Waals surface area (Å²) in [7, 11) is 0. The zero-order valence-electron chi connectivity index (χ0n) is 6.37. The van der Waals surface area contributed by atoms with Gasteiger partial charge in [-0.3, -0.25) is 9.78 Å². The van der Waals surface area contributed by atoms with Crippen molar-refractivity contribution in [3.63, 3.8) is 0 Å². The van der Waals surface area contributed by atoms with Crippen molar-refractivity contribution in [1.82, 2.24) is 4.98 Å². The molecule has 0 spiro atoms. The molecule has 0 saturated heterocycles. The van der Waals surface area contributed by atoms with Crippen molar-refractivity contribution >= 4 is 17.6 Å². The Morgan fingerprint density at radius 3 is 2.75 bits per heavy atom. The van der Waals surface area contributed by atoms with E-state index >= 15 is 0 Å². The number of rotatable bonds is 3. The highest BCUT2D eigenvalue weighted by atomic mass is 35.5. The fraction of sp³-hybridized carbons (Fsp3) is 0.250. The van der Waals surface area contributed by atoms with Crippen molar-refractivity contribution in [1.29, 1.82) is 0 Å². The lowest BCUT2D eigenvalue weighted by atomic mass is 10.2. The van der Waals surface area contributed by atoms with Crippen LogP contribution in [0.3, 0.4) is 0 Å². The maximum atomic E-state index is 10.9. The van der Waals surface area contributed by atoms with E-state index < -0.39 is 0 Å². The first-order chi connectivity index (χ1) is 5.83. The van der Waals surface area contributed by atoms with Gasteiger partial charge in [-0.25, -0.2) is 0 Å². The minimum Gasteiger partial charge on any atom is -0.449 e. The number of hydrogen-bond acceptors (Lipinski definition) is 3. The van der Waals surface area contributed by atoms with Gasteiger partial charge in [-0.2, -0.15) is 0 Å². The van der Waals surface area contributed by atoms with Crippen molar-refractivity contribution in [2.24, 2.45) is 0 Å². The summed E-state index contributed by atoms with van der Waals surface area (Å²) in [5.74, 6) is -0.323. The quantitative estimate of drug-likeness (QED) is 0.527. The van der Waals surface area contributed by atoms with Gasteiger partial charge in [0.25, 0.3) is 0 Å². The van der Waals surface area contributed by atoms with Crippen molar-refractivity contribution < 1.29 is 9.53 Å². The van der Waals surface area contributed by atoms with Gasteiger partial charge in [0.1, 0.15) is 0 Å². The first-order valence-electron chi connectivity index (χ1n) is 3.43. The zero-order chi connectivity index (χ0) is 8.81. The Morgan fingerprint density at radius 2 is 2.17 bits per heavy atom. The Balaban J connectivity index is 2.47. The monoisotopic (exact) mass is 185 g/mol. The molecule has 0 atom stereocenters.